The average Bonchev–Trinajstić information content (AvgIpc) is 2.66. The molecule has 4 nitrogen and oxygen atoms in total. The van der Waals surface area contributed by atoms with Gasteiger partial charge < -0.3 is 9.84 Å². The maximum atomic E-state index is 13.2. The summed E-state index contributed by atoms with van der Waals surface area (Å²) in [5.74, 6) is -0.441. The van der Waals surface area contributed by atoms with Crippen LogP contribution in [0.5, 0.6) is 11.5 Å². The van der Waals surface area contributed by atoms with Gasteiger partial charge in [0.1, 0.15) is 11.5 Å². The number of fused-ring (bicyclic) bond motifs is 2. The third kappa shape index (κ3) is 3.11. The number of carboxylic acids is 1. The lowest BCUT2D eigenvalue weighted by Crippen LogP contribution is -2.06. The third-order valence-corrected chi connectivity index (χ3v) is 4.35. The summed E-state index contributed by atoms with van der Waals surface area (Å²) in [6.07, 6.45) is -3.27. The first kappa shape index (κ1) is 17.8. The molecule has 0 unspecified atom stereocenters. The van der Waals surface area contributed by atoms with Gasteiger partial charge in [-0.1, -0.05) is 18.2 Å². The van der Waals surface area contributed by atoms with E-state index in [2.05, 4.69) is 4.98 Å². The first-order chi connectivity index (χ1) is 13.3. The Morgan fingerprint density at radius 1 is 0.964 bits per heavy atom. The summed E-state index contributed by atoms with van der Waals surface area (Å²) in [4.78, 5) is 15.2. The zero-order valence-corrected chi connectivity index (χ0v) is 14.2. The van der Waals surface area contributed by atoms with Gasteiger partial charge in [0.25, 0.3) is 0 Å². The monoisotopic (exact) mass is 383 g/mol. The number of rotatable bonds is 3. The Morgan fingerprint density at radius 3 is 2.50 bits per heavy atom. The molecule has 28 heavy (non-hydrogen) atoms. The Balaban J connectivity index is 1.79. The molecule has 140 valence electrons. The number of alkyl halides is 3. The number of hydrogen-bond donors (Lipinski definition) is 1. The number of ether oxygens (including phenoxy) is 1. The lowest BCUT2D eigenvalue weighted by molar-refractivity contribution is -0.136. The van der Waals surface area contributed by atoms with E-state index < -0.39 is 17.7 Å². The minimum atomic E-state index is -4.53. The molecule has 0 amide bonds. The molecule has 0 spiro atoms. The number of carbonyl (C=O) groups is 1. The van der Waals surface area contributed by atoms with Crippen LogP contribution in [0.1, 0.15) is 15.9 Å². The second-order valence-electron chi connectivity index (χ2n) is 6.10. The molecule has 0 saturated carbocycles. The summed E-state index contributed by atoms with van der Waals surface area (Å²) in [5.41, 5.74) is -0.866. The van der Waals surface area contributed by atoms with Crippen molar-refractivity contribution in [2.24, 2.45) is 0 Å². The van der Waals surface area contributed by atoms with Crippen molar-refractivity contribution in [1.82, 2.24) is 4.98 Å². The molecule has 0 radical (unpaired) electrons. The van der Waals surface area contributed by atoms with E-state index in [0.717, 1.165) is 6.07 Å². The van der Waals surface area contributed by atoms with Gasteiger partial charge in [-0.05, 0) is 53.2 Å². The smallest absolute Gasteiger partial charge is 0.418 e. The molecule has 0 fully saturated rings. The highest BCUT2D eigenvalue weighted by Gasteiger charge is 2.33. The van der Waals surface area contributed by atoms with E-state index in [0.29, 0.717) is 16.5 Å². The van der Waals surface area contributed by atoms with E-state index in [1.165, 1.54) is 30.5 Å². The van der Waals surface area contributed by atoms with Crippen LogP contribution in [0, 0.1) is 0 Å². The highest BCUT2D eigenvalue weighted by atomic mass is 19.4. The highest BCUT2D eigenvalue weighted by Crippen LogP contribution is 2.37. The zero-order valence-electron chi connectivity index (χ0n) is 14.2. The molecule has 1 heterocycles. The predicted molar refractivity (Wildman–Crippen MR) is 97.7 cm³/mol. The Kier molecular flexibility index (Phi) is 4.15. The second kappa shape index (κ2) is 6.53. The summed E-state index contributed by atoms with van der Waals surface area (Å²) < 4.78 is 45.5. The fourth-order valence-corrected chi connectivity index (χ4v) is 3.11. The van der Waals surface area contributed by atoms with Crippen molar-refractivity contribution in [1.29, 1.82) is 0 Å². The number of aromatic carboxylic acids is 1. The first-order valence-corrected chi connectivity index (χ1v) is 8.23. The Hall–Kier alpha value is -3.61. The zero-order chi connectivity index (χ0) is 19.9. The number of hydrogen-bond acceptors (Lipinski definition) is 3. The van der Waals surface area contributed by atoms with Crippen LogP contribution in [0.2, 0.25) is 0 Å². The van der Waals surface area contributed by atoms with E-state index >= 15 is 0 Å². The topological polar surface area (TPSA) is 59.4 Å². The van der Waals surface area contributed by atoms with Crippen LogP contribution in [0.25, 0.3) is 21.7 Å². The minimum Gasteiger partial charge on any atom is -0.478 e. The Morgan fingerprint density at radius 2 is 1.75 bits per heavy atom. The fourth-order valence-electron chi connectivity index (χ4n) is 3.11. The Bertz CT molecular complexity index is 1220. The maximum absolute atomic E-state index is 13.2. The van der Waals surface area contributed by atoms with Gasteiger partial charge in [-0.15, -0.1) is 0 Å². The fraction of sp³-hybridized carbons (Fsp3) is 0.0476. The van der Waals surface area contributed by atoms with Crippen LogP contribution < -0.4 is 4.74 Å². The van der Waals surface area contributed by atoms with Crippen molar-refractivity contribution in [3.8, 4) is 11.5 Å². The third-order valence-electron chi connectivity index (χ3n) is 4.35. The van der Waals surface area contributed by atoms with Crippen molar-refractivity contribution < 1.29 is 27.8 Å². The molecule has 4 rings (SSSR count). The van der Waals surface area contributed by atoms with Crippen LogP contribution in [0.15, 0.2) is 66.9 Å². The van der Waals surface area contributed by atoms with Gasteiger partial charge in [0.2, 0.25) is 0 Å². The molecule has 1 N–H and O–H groups in total. The molecule has 0 bridgehead atoms. The molecule has 7 heteroatoms. The van der Waals surface area contributed by atoms with Crippen molar-refractivity contribution >= 4 is 27.6 Å². The van der Waals surface area contributed by atoms with Gasteiger partial charge in [-0.3, -0.25) is 4.98 Å². The molecule has 0 aliphatic carbocycles. The van der Waals surface area contributed by atoms with Crippen molar-refractivity contribution in [2.75, 3.05) is 0 Å². The lowest BCUT2D eigenvalue weighted by atomic mass is 10.0. The normalized spacial score (nSPS) is 11.7. The van der Waals surface area contributed by atoms with E-state index in [1.54, 1.807) is 30.3 Å². The molecule has 3 aromatic carbocycles. The molecule has 0 aliphatic rings. The SMILES string of the molecule is O=C(O)c1cccc2cc(Oc3ccnc4c(C(F)(F)F)cccc34)ccc12. The summed E-state index contributed by atoms with van der Waals surface area (Å²) in [5, 5.41) is 10.7. The number of nitrogens with zero attached hydrogens (tertiary/aromatic N) is 1. The van der Waals surface area contributed by atoms with Gasteiger partial charge in [-0.25, -0.2) is 4.79 Å². The van der Waals surface area contributed by atoms with Gasteiger partial charge in [-0.2, -0.15) is 13.2 Å². The van der Waals surface area contributed by atoms with Crippen LogP contribution in [0.4, 0.5) is 13.2 Å². The van der Waals surface area contributed by atoms with E-state index in [4.69, 9.17) is 4.74 Å². The standard InChI is InChI=1S/C21H12F3NO3/c22-21(23,24)17-6-2-5-16-18(9-10-25-19(16)17)28-13-7-8-14-12(11-13)3-1-4-15(14)20(26)27/h1-11H,(H,26,27). The van der Waals surface area contributed by atoms with Crippen LogP contribution in [-0.2, 0) is 6.18 Å². The van der Waals surface area contributed by atoms with Crippen LogP contribution in [0.3, 0.4) is 0 Å². The summed E-state index contributed by atoms with van der Waals surface area (Å²) in [7, 11) is 0. The predicted octanol–water partition coefficient (Wildman–Crippen LogP) is 5.90. The largest absolute Gasteiger partial charge is 0.478 e. The second-order valence-corrected chi connectivity index (χ2v) is 6.10. The van der Waals surface area contributed by atoms with E-state index in [-0.39, 0.29) is 22.2 Å². The molecule has 1 aromatic heterocycles. The van der Waals surface area contributed by atoms with Crippen molar-refractivity contribution in [3.05, 3.63) is 78.0 Å². The number of halogens is 3. The van der Waals surface area contributed by atoms with Gasteiger partial charge in [0.15, 0.2) is 0 Å². The lowest BCUT2D eigenvalue weighted by Gasteiger charge is -2.13. The molecular formula is C21H12F3NO3. The number of benzene rings is 3. The molecule has 0 aliphatic heterocycles. The molecule has 0 atom stereocenters. The van der Waals surface area contributed by atoms with Gasteiger partial charge in [0, 0.05) is 11.6 Å². The Labute approximate surface area is 156 Å². The van der Waals surface area contributed by atoms with Gasteiger partial charge >= 0.3 is 12.1 Å². The summed E-state index contributed by atoms with van der Waals surface area (Å²) >= 11 is 0. The molecule has 0 saturated heterocycles. The maximum Gasteiger partial charge on any atom is 0.418 e. The van der Waals surface area contributed by atoms with Crippen molar-refractivity contribution in [3.63, 3.8) is 0 Å². The first-order valence-electron chi connectivity index (χ1n) is 8.23. The number of carboxylic acid groups (broad SMARTS) is 1. The number of pyridine rings is 1. The van der Waals surface area contributed by atoms with Gasteiger partial charge in [0.05, 0.1) is 16.6 Å². The molecule has 4 aromatic rings. The van der Waals surface area contributed by atoms with Crippen LogP contribution in [-0.4, -0.2) is 16.1 Å². The highest BCUT2D eigenvalue weighted by molar-refractivity contribution is 6.04. The summed E-state index contributed by atoms with van der Waals surface area (Å²) in [6, 6.07) is 15.0. The minimum absolute atomic E-state index is 0.160. The number of aromatic nitrogens is 1. The van der Waals surface area contributed by atoms with E-state index in [1.807, 2.05) is 0 Å². The summed E-state index contributed by atoms with van der Waals surface area (Å²) in [6.45, 7) is 0. The molecular weight excluding hydrogens is 371 g/mol. The quantitative estimate of drug-likeness (QED) is 0.479. The van der Waals surface area contributed by atoms with Crippen LogP contribution >= 0.6 is 0 Å². The number of para-hydroxylation sites is 1. The van der Waals surface area contributed by atoms with Crippen molar-refractivity contribution in [2.45, 2.75) is 6.18 Å². The average molecular weight is 383 g/mol. The van der Waals surface area contributed by atoms with E-state index in [9.17, 15) is 23.1 Å².